The normalized spacial score (nSPS) is 16.9. The quantitative estimate of drug-likeness (QED) is 0.612. The largest absolute Gasteiger partial charge is 0.480 e. The second-order valence-electron chi connectivity index (χ2n) is 4.22. The van der Waals surface area contributed by atoms with Crippen LogP contribution in [0.3, 0.4) is 0 Å². The molecule has 0 aliphatic carbocycles. The van der Waals surface area contributed by atoms with Crippen molar-refractivity contribution in [1.29, 1.82) is 0 Å². The number of hydrogen-bond donors (Lipinski definition) is 3. The molecule has 15 heavy (non-hydrogen) atoms. The first-order valence-electron chi connectivity index (χ1n) is 5.06. The van der Waals surface area contributed by atoms with E-state index in [2.05, 4.69) is 5.32 Å². The van der Waals surface area contributed by atoms with E-state index in [0.717, 1.165) is 0 Å². The molecule has 0 saturated carbocycles. The van der Waals surface area contributed by atoms with Gasteiger partial charge in [-0.1, -0.05) is 20.8 Å². The first kappa shape index (κ1) is 13.9. The Balaban J connectivity index is 4.43. The molecule has 0 rings (SSSR count). The van der Waals surface area contributed by atoms with Crippen LogP contribution in [0.2, 0.25) is 0 Å². The number of carbonyl (C=O) groups is 2. The van der Waals surface area contributed by atoms with Gasteiger partial charge < -0.3 is 16.2 Å². The highest BCUT2D eigenvalue weighted by atomic mass is 16.4. The monoisotopic (exact) mass is 216 g/mol. The van der Waals surface area contributed by atoms with Gasteiger partial charge in [-0.05, 0) is 12.8 Å². The summed E-state index contributed by atoms with van der Waals surface area (Å²) in [6, 6.07) is -1.13. The van der Waals surface area contributed by atoms with Crippen molar-refractivity contribution in [3.8, 4) is 0 Å². The zero-order chi connectivity index (χ0) is 12.2. The van der Waals surface area contributed by atoms with E-state index in [0.29, 0.717) is 0 Å². The lowest BCUT2D eigenvalue weighted by Gasteiger charge is -2.21. The summed E-state index contributed by atoms with van der Waals surface area (Å²) in [4.78, 5) is 22.4. The first-order chi connectivity index (χ1) is 6.77. The third kappa shape index (κ3) is 4.29. The van der Waals surface area contributed by atoms with Gasteiger partial charge in [0.1, 0.15) is 6.04 Å². The molecule has 5 nitrogen and oxygen atoms in total. The first-order valence-corrected chi connectivity index (χ1v) is 5.06. The smallest absolute Gasteiger partial charge is 0.326 e. The van der Waals surface area contributed by atoms with Crippen molar-refractivity contribution >= 4 is 11.9 Å². The van der Waals surface area contributed by atoms with Crippen molar-refractivity contribution in [3.05, 3.63) is 0 Å². The third-order valence-corrected chi connectivity index (χ3v) is 2.43. The van der Waals surface area contributed by atoms with E-state index in [1.807, 2.05) is 0 Å². The number of carboxylic acids is 1. The Kier molecular flexibility index (Phi) is 5.28. The molecule has 0 aromatic rings. The van der Waals surface area contributed by atoms with E-state index in [4.69, 9.17) is 10.8 Å². The van der Waals surface area contributed by atoms with Gasteiger partial charge in [-0.3, -0.25) is 4.79 Å². The minimum Gasteiger partial charge on any atom is -0.480 e. The molecule has 5 heteroatoms. The van der Waals surface area contributed by atoms with Gasteiger partial charge in [0.25, 0.3) is 0 Å². The van der Waals surface area contributed by atoms with Crippen molar-refractivity contribution in [1.82, 2.24) is 5.32 Å². The molecule has 0 aliphatic rings. The summed E-state index contributed by atoms with van der Waals surface area (Å²) in [6.07, 6.45) is 0. The number of aliphatic carboxylic acids is 1. The van der Waals surface area contributed by atoms with Crippen LogP contribution in [0.15, 0.2) is 0 Å². The van der Waals surface area contributed by atoms with Crippen molar-refractivity contribution in [2.24, 2.45) is 17.6 Å². The Morgan fingerprint density at radius 2 is 1.67 bits per heavy atom. The highest BCUT2D eigenvalue weighted by Crippen LogP contribution is 2.05. The van der Waals surface area contributed by atoms with Crippen LogP contribution in [-0.4, -0.2) is 29.1 Å². The van der Waals surface area contributed by atoms with Gasteiger partial charge in [-0.25, -0.2) is 4.79 Å². The van der Waals surface area contributed by atoms with Gasteiger partial charge in [0.2, 0.25) is 5.91 Å². The molecule has 0 aromatic heterocycles. The molecule has 0 aliphatic heterocycles. The van der Waals surface area contributed by atoms with Crippen LogP contribution in [-0.2, 0) is 9.59 Å². The molecule has 0 radical (unpaired) electrons. The summed E-state index contributed by atoms with van der Waals surface area (Å²) >= 11 is 0. The fourth-order valence-electron chi connectivity index (χ4n) is 1.04. The predicted octanol–water partition coefficient (Wildman–Crippen LogP) is 0.195. The summed E-state index contributed by atoms with van der Waals surface area (Å²) in [6.45, 7) is 6.89. The van der Waals surface area contributed by atoms with Crippen LogP contribution in [0.4, 0.5) is 0 Å². The van der Waals surface area contributed by atoms with E-state index in [-0.39, 0.29) is 23.8 Å². The lowest BCUT2D eigenvalue weighted by molar-refractivity contribution is -0.143. The van der Waals surface area contributed by atoms with E-state index >= 15 is 0 Å². The third-order valence-electron chi connectivity index (χ3n) is 2.43. The van der Waals surface area contributed by atoms with E-state index in [1.54, 1.807) is 27.7 Å². The van der Waals surface area contributed by atoms with Crippen LogP contribution in [0.25, 0.3) is 0 Å². The summed E-state index contributed by atoms with van der Waals surface area (Å²) in [7, 11) is 0. The number of nitrogens with two attached hydrogens (primary N) is 1. The number of nitrogens with one attached hydrogen (secondary N) is 1. The van der Waals surface area contributed by atoms with Crippen LogP contribution < -0.4 is 11.1 Å². The molecule has 3 atom stereocenters. The molecule has 0 heterocycles. The Bertz CT molecular complexity index is 239. The maximum Gasteiger partial charge on any atom is 0.326 e. The van der Waals surface area contributed by atoms with E-state index in [1.165, 1.54) is 0 Å². The molecular weight excluding hydrogens is 196 g/mol. The predicted molar refractivity (Wildman–Crippen MR) is 57.2 cm³/mol. The van der Waals surface area contributed by atoms with Crippen molar-refractivity contribution in [2.75, 3.05) is 0 Å². The van der Waals surface area contributed by atoms with Crippen molar-refractivity contribution in [2.45, 2.75) is 39.8 Å². The SMILES string of the molecule is CC(C)C(NC(=O)C(C)C(C)N)C(=O)O. The number of rotatable bonds is 5. The van der Waals surface area contributed by atoms with Gasteiger partial charge in [0.15, 0.2) is 0 Å². The van der Waals surface area contributed by atoms with Crippen molar-refractivity contribution < 1.29 is 14.7 Å². The molecule has 3 unspecified atom stereocenters. The molecule has 0 spiro atoms. The fraction of sp³-hybridized carbons (Fsp3) is 0.800. The lowest BCUT2D eigenvalue weighted by atomic mass is 10.0. The number of carboxylic acid groups (broad SMARTS) is 1. The van der Waals surface area contributed by atoms with Crippen LogP contribution in [0, 0.1) is 11.8 Å². The Labute approximate surface area is 90.0 Å². The highest BCUT2D eigenvalue weighted by Gasteiger charge is 2.26. The molecule has 1 amide bonds. The van der Waals surface area contributed by atoms with Gasteiger partial charge >= 0.3 is 5.97 Å². The second-order valence-corrected chi connectivity index (χ2v) is 4.22. The minimum atomic E-state index is -1.02. The lowest BCUT2D eigenvalue weighted by Crippen LogP contribution is -2.48. The van der Waals surface area contributed by atoms with Gasteiger partial charge in [0.05, 0.1) is 0 Å². The standard InChI is InChI=1S/C10H20N2O3/c1-5(2)8(10(14)15)12-9(13)6(3)7(4)11/h5-8H,11H2,1-4H3,(H,12,13)(H,14,15). The topological polar surface area (TPSA) is 92.4 Å². The summed E-state index contributed by atoms with van der Waals surface area (Å²) in [5.74, 6) is -1.86. The molecule has 88 valence electrons. The van der Waals surface area contributed by atoms with Crippen LogP contribution in [0.5, 0.6) is 0 Å². The zero-order valence-corrected chi connectivity index (χ0v) is 9.65. The summed E-state index contributed by atoms with van der Waals surface area (Å²) in [5, 5.41) is 11.3. The number of hydrogen-bond acceptors (Lipinski definition) is 3. The Morgan fingerprint density at radius 1 is 1.20 bits per heavy atom. The fourth-order valence-corrected chi connectivity index (χ4v) is 1.04. The Morgan fingerprint density at radius 3 is 1.93 bits per heavy atom. The van der Waals surface area contributed by atoms with Crippen LogP contribution in [0.1, 0.15) is 27.7 Å². The average molecular weight is 216 g/mol. The molecule has 0 fully saturated rings. The second kappa shape index (κ2) is 5.70. The van der Waals surface area contributed by atoms with Gasteiger partial charge in [-0.15, -0.1) is 0 Å². The number of carbonyl (C=O) groups excluding carboxylic acids is 1. The summed E-state index contributed by atoms with van der Waals surface area (Å²) < 4.78 is 0. The van der Waals surface area contributed by atoms with Crippen LogP contribution >= 0.6 is 0 Å². The van der Waals surface area contributed by atoms with Crippen molar-refractivity contribution in [3.63, 3.8) is 0 Å². The van der Waals surface area contributed by atoms with E-state index < -0.39 is 12.0 Å². The maximum absolute atomic E-state index is 11.5. The molecule has 0 bridgehead atoms. The maximum atomic E-state index is 11.5. The molecule has 4 N–H and O–H groups in total. The Hall–Kier alpha value is -1.10. The molecule has 0 aromatic carbocycles. The highest BCUT2D eigenvalue weighted by molar-refractivity contribution is 5.85. The molecular formula is C10H20N2O3. The average Bonchev–Trinajstić information content (AvgIpc) is 2.11. The van der Waals surface area contributed by atoms with Gasteiger partial charge in [0, 0.05) is 12.0 Å². The van der Waals surface area contributed by atoms with Gasteiger partial charge in [-0.2, -0.15) is 0 Å². The number of amides is 1. The van der Waals surface area contributed by atoms with E-state index in [9.17, 15) is 9.59 Å². The zero-order valence-electron chi connectivity index (χ0n) is 9.65. The molecule has 0 saturated heterocycles. The summed E-state index contributed by atoms with van der Waals surface area (Å²) in [5.41, 5.74) is 5.56. The minimum absolute atomic E-state index is 0.147.